The summed E-state index contributed by atoms with van der Waals surface area (Å²) >= 11 is 0. The predicted octanol–water partition coefficient (Wildman–Crippen LogP) is 3.73. The number of carbonyl (C=O) groups excluding carboxylic acids is 5. The Balaban J connectivity index is 0.000000259. The third-order valence-corrected chi connectivity index (χ3v) is 10.3. The van der Waals surface area contributed by atoms with E-state index in [4.69, 9.17) is 0 Å². The van der Waals surface area contributed by atoms with E-state index in [-0.39, 0.29) is 30.4 Å². The van der Waals surface area contributed by atoms with Gasteiger partial charge >= 0.3 is 23.1 Å². The van der Waals surface area contributed by atoms with Crippen LogP contribution >= 0.6 is 0 Å². The Hall–Kier alpha value is -5.58. The molecule has 23 heteroatoms. The average Bonchev–Trinajstić information content (AvgIpc) is 3.50. The highest BCUT2D eigenvalue weighted by Crippen LogP contribution is 2.34. The third-order valence-electron chi connectivity index (χ3n) is 7.31. The lowest BCUT2D eigenvalue weighted by Gasteiger charge is -2.21. The van der Waals surface area contributed by atoms with Crippen molar-refractivity contribution in [2.24, 2.45) is 0 Å². The summed E-state index contributed by atoms with van der Waals surface area (Å²) in [5.41, 5.74) is -10.1. The van der Waals surface area contributed by atoms with E-state index in [9.17, 15) is 67.2 Å². The highest BCUT2D eigenvalue weighted by molar-refractivity contribution is 7.92. The first-order valence-corrected chi connectivity index (χ1v) is 17.2. The number of alkyl halides is 6. The van der Waals surface area contributed by atoms with Gasteiger partial charge in [-0.2, -0.15) is 26.3 Å². The van der Waals surface area contributed by atoms with Gasteiger partial charge < -0.3 is 15.5 Å². The molecule has 15 nitrogen and oxygen atoms in total. The monoisotopic (exact) mass is 778 g/mol. The van der Waals surface area contributed by atoms with E-state index >= 15 is 0 Å². The van der Waals surface area contributed by atoms with Crippen LogP contribution in [0.2, 0.25) is 0 Å². The summed E-state index contributed by atoms with van der Waals surface area (Å²) in [7, 11) is -11.0. The Morgan fingerprint density at radius 1 is 0.827 bits per heavy atom. The van der Waals surface area contributed by atoms with E-state index in [1.807, 2.05) is 0 Å². The minimum atomic E-state index is -5.56. The van der Waals surface area contributed by atoms with Crippen LogP contribution in [0.3, 0.4) is 0 Å². The molecule has 278 valence electrons. The summed E-state index contributed by atoms with van der Waals surface area (Å²) in [6.45, 7) is 2.50. The van der Waals surface area contributed by atoms with E-state index in [0.717, 1.165) is 29.2 Å². The highest BCUT2D eigenvalue weighted by atomic mass is 32.2. The van der Waals surface area contributed by atoms with Gasteiger partial charge in [0.25, 0.3) is 31.5 Å². The Morgan fingerprint density at radius 2 is 1.31 bits per heavy atom. The number of nitrogens with zero attached hydrogens (tertiary/aromatic N) is 4. The van der Waals surface area contributed by atoms with Crippen molar-refractivity contribution in [3.63, 3.8) is 0 Å². The van der Waals surface area contributed by atoms with Crippen molar-refractivity contribution >= 4 is 66.5 Å². The van der Waals surface area contributed by atoms with Crippen LogP contribution in [-0.4, -0.2) is 80.1 Å². The van der Waals surface area contributed by atoms with E-state index < -0.39 is 70.4 Å². The fraction of sp³-hybridized carbons (Fsp3) is 0.241. The van der Waals surface area contributed by atoms with Crippen LogP contribution in [-0.2, 0) is 40.6 Å². The van der Waals surface area contributed by atoms with Gasteiger partial charge in [0.05, 0.1) is 46.1 Å². The van der Waals surface area contributed by atoms with Crippen LogP contribution in [0.1, 0.15) is 19.4 Å². The summed E-state index contributed by atoms with van der Waals surface area (Å²) in [4.78, 5) is 64.3. The zero-order chi connectivity index (χ0) is 39.0. The normalized spacial score (nSPS) is 16.8. The number of sulfone groups is 2. The molecule has 5 rings (SSSR count). The molecule has 3 aromatic rings. The molecule has 2 aliphatic rings. The first-order chi connectivity index (χ1) is 24.0. The minimum Gasteiger partial charge on any atom is -0.328 e. The number of amides is 7. The van der Waals surface area contributed by atoms with Crippen LogP contribution in [0.4, 0.5) is 53.0 Å². The maximum atomic E-state index is 12.9. The average molecular weight is 779 g/mol. The standard InChI is InChI=1S/C19H17F3N4O5S.C10H7F3N2O4S/c1-11-17(28)26(14-3-5-15(6-4-14)32(30,31)19(20,21)22)18(29)25(11)10-13-7-8-23-9-16(13)24-12(2)27;11-10(12,13)20(18,19)7-3-1-6(2-4-7)15-8(16)5-14-9(15)17/h3-9,11H,10H2,1-2H3,(H,24,27);1-4H,5H2,(H,14,17). The molecule has 0 radical (unpaired) electrons. The van der Waals surface area contributed by atoms with E-state index in [1.54, 1.807) is 6.07 Å². The van der Waals surface area contributed by atoms with Gasteiger partial charge in [0.2, 0.25) is 5.91 Å². The Morgan fingerprint density at radius 3 is 1.73 bits per heavy atom. The zero-order valence-corrected chi connectivity index (χ0v) is 28.0. The molecule has 1 unspecified atom stereocenters. The number of nitrogens with one attached hydrogen (secondary N) is 2. The number of aromatic nitrogens is 1. The number of carbonyl (C=O) groups is 5. The van der Waals surface area contributed by atoms with Crippen molar-refractivity contribution in [3.05, 3.63) is 72.6 Å². The van der Waals surface area contributed by atoms with Gasteiger partial charge in [-0.15, -0.1) is 0 Å². The second-order valence-electron chi connectivity index (χ2n) is 10.7. The van der Waals surface area contributed by atoms with E-state index in [2.05, 4.69) is 15.6 Å². The number of halogens is 6. The fourth-order valence-electron chi connectivity index (χ4n) is 4.70. The quantitative estimate of drug-likeness (QED) is 0.263. The fourth-order valence-corrected chi connectivity index (χ4v) is 6.22. The summed E-state index contributed by atoms with van der Waals surface area (Å²) < 4.78 is 120. The number of hydrogen-bond acceptors (Lipinski definition) is 10. The lowest BCUT2D eigenvalue weighted by atomic mass is 10.2. The molecule has 2 fully saturated rings. The molecule has 3 heterocycles. The molecule has 52 heavy (non-hydrogen) atoms. The van der Waals surface area contributed by atoms with Crippen molar-refractivity contribution in [2.45, 2.75) is 47.2 Å². The number of rotatable bonds is 7. The lowest BCUT2D eigenvalue weighted by Crippen LogP contribution is -2.33. The number of imide groups is 2. The highest BCUT2D eigenvalue weighted by Gasteiger charge is 2.48. The van der Waals surface area contributed by atoms with Crippen molar-refractivity contribution in [1.29, 1.82) is 0 Å². The molecule has 2 aromatic carbocycles. The van der Waals surface area contributed by atoms with Crippen LogP contribution in [0, 0.1) is 0 Å². The minimum absolute atomic E-state index is 0.00822. The molecule has 0 spiro atoms. The molecule has 2 aliphatic heterocycles. The first-order valence-electron chi connectivity index (χ1n) is 14.3. The van der Waals surface area contributed by atoms with Gasteiger partial charge in [0, 0.05) is 13.1 Å². The summed E-state index contributed by atoms with van der Waals surface area (Å²) in [5, 5.41) is 4.80. The van der Waals surface area contributed by atoms with E-state index in [0.29, 0.717) is 40.4 Å². The molecular formula is C29H24F6N6O9S2. The van der Waals surface area contributed by atoms with Gasteiger partial charge in [-0.25, -0.2) is 36.2 Å². The number of urea groups is 2. The maximum Gasteiger partial charge on any atom is 0.501 e. The molecular weight excluding hydrogens is 754 g/mol. The van der Waals surface area contributed by atoms with Crippen molar-refractivity contribution in [1.82, 2.24) is 15.2 Å². The number of pyridine rings is 1. The zero-order valence-electron chi connectivity index (χ0n) is 26.4. The topological polar surface area (TPSA) is 200 Å². The van der Waals surface area contributed by atoms with Gasteiger partial charge in [-0.05, 0) is 67.1 Å². The van der Waals surface area contributed by atoms with Crippen LogP contribution < -0.4 is 20.4 Å². The lowest BCUT2D eigenvalue weighted by molar-refractivity contribution is -0.119. The number of benzene rings is 2. The molecule has 2 saturated heterocycles. The van der Waals surface area contributed by atoms with Gasteiger partial charge in [-0.1, -0.05) is 0 Å². The van der Waals surface area contributed by atoms with Crippen LogP contribution in [0.5, 0.6) is 0 Å². The molecule has 0 saturated carbocycles. The van der Waals surface area contributed by atoms with Crippen molar-refractivity contribution in [3.8, 4) is 0 Å². The summed E-state index contributed by atoms with van der Waals surface area (Å²) in [6, 6.07) is 5.76. The maximum absolute atomic E-state index is 12.9. The molecule has 0 aliphatic carbocycles. The Bertz CT molecular complexity index is 2130. The summed E-state index contributed by atoms with van der Waals surface area (Å²) in [6.07, 6.45) is 2.84. The third kappa shape index (κ3) is 7.68. The van der Waals surface area contributed by atoms with E-state index in [1.165, 1.54) is 31.1 Å². The van der Waals surface area contributed by atoms with Gasteiger partial charge in [0.1, 0.15) is 6.04 Å². The van der Waals surface area contributed by atoms with Gasteiger partial charge in [-0.3, -0.25) is 19.4 Å². The molecule has 2 N–H and O–H groups in total. The molecule has 1 atom stereocenters. The van der Waals surface area contributed by atoms with Crippen LogP contribution in [0.15, 0.2) is 76.8 Å². The molecule has 7 amide bonds. The SMILES string of the molecule is CC(=O)Nc1cnccc1CN1C(=O)N(c2ccc(S(=O)(=O)C(F)(F)F)cc2)C(=O)C1C.O=C1CNC(=O)N1c1ccc(S(=O)(=O)C(F)(F)F)cc1. The Kier molecular flexibility index (Phi) is 10.7. The van der Waals surface area contributed by atoms with Crippen molar-refractivity contribution in [2.75, 3.05) is 21.7 Å². The second-order valence-corrected chi connectivity index (χ2v) is 14.6. The molecule has 1 aromatic heterocycles. The number of anilines is 3. The summed E-state index contributed by atoms with van der Waals surface area (Å²) in [5.74, 6) is -1.58. The Labute approximate surface area is 290 Å². The number of hydrogen-bond donors (Lipinski definition) is 2. The van der Waals surface area contributed by atoms with Crippen LogP contribution in [0.25, 0.3) is 0 Å². The smallest absolute Gasteiger partial charge is 0.328 e. The predicted molar refractivity (Wildman–Crippen MR) is 167 cm³/mol. The largest absolute Gasteiger partial charge is 0.501 e. The van der Waals surface area contributed by atoms with Gasteiger partial charge in [0.15, 0.2) is 0 Å². The second kappa shape index (κ2) is 14.2. The first kappa shape index (κ1) is 39.2. The van der Waals surface area contributed by atoms with Crippen molar-refractivity contribution < 1.29 is 67.2 Å². The molecule has 0 bridgehead atoms.